The van der Waals surface area contributed by atoms with Crippen LogP contribution in [0.15, 0.2) is 28.0 Å². The Balaban J connectivity index is 2.43. The predicted molar refractivity (Wildman–Crippen MR) is 63.6 cm³/mol. The molecule has 1 unspecified atom stereocenters. The number of carbonyl (C=O) groups is 2. The van der Waals surface area contributed by atoms with E-state index in [-0.39, 0.29) is 4.90 Å². The molecule has 2 rings (SSSR count). The Kier molecular flexibility index (Phi) is 3.25. The number of pyridine rings is 1. The van der Waals surface area contributed by atoms with E-state index >= 15 is 0 Å². The molecule has 0 spiro atoms. The molecular weight excluding hydrogens is 274 g/mol. The molecule has 0 radical (unpaired) electrons. The molecule has 0 aromatic carbocycles. The minimum absolute atomic E-state index is 0.179. The maximum absolute atomic E-state index is 12.3. The third-order valence-electron chi connectivity index (χ3n) is 2.74. The SMILES string of the molecule is CC1C(=O)NC(=O)CN1S(=O)(=O)c1ccc(=O)[nH]c1. The number of carbonyl (C=O) groups excluding carboxylic acids is 2. The van der Waals surface area contributed by atoms with E-state index in [1.807, 2.05) is 5.32 Å². The number of rotatable bonds is 2. The first-order valence-electron chi connectivity index (χ1n) is 5.36. The van der Waals surface area contributed by atoms with Gasteiger partial charge in [-0.15, -0.1) is 0 Å². The van der Waals surface area contributed by atoms with E-state index in [0.717, 1.165) is 22.6 Å². The zero-order valence-electron chi connectivity index (χ0n) is 9.91. The molecule has 0 aliphatic carbocycles. The average Bonchev–Trinajstić information content (AvgIpc) is 2.34. The van der Waals surface area contributed by atoms with Crippen LogP contribution in [0.25, 0.3) is 0 Å². The zero-order valence-corrected chi connectivity index (χ0v) is 10.7. The third-order valence-corrected chi connectivity index (χ3v) is 4.65. The number of hydrogen-bond donors (Lipinski definition) is 2. The van der Waals surface area contributed by atoms with Gasteiger partial charge in [0.15, 0.2) is 0 Å². The second-order valence-corrected chi connectivity index (χ2v) is 5.92. The van der Waals surface area contributed by atoms with E-state index in [1.54, 1.807) is 0 Å². The topological polar surface area (TPSA) is 116 Å². The summed E-state index contributed by atoms with van der Waals surface area (Å²) in [5.74, 6) is -1.36. The molecular formula is C10H11N3O5S. The van der Waals surface area contributed by atoms with E-state index in [4.69, 9.17) is 0 Å². The highest BCUT2D eigenvalue weighted by atomic mass is 32.2. The molecule has 9 heteroatoms. The van der Waals surface area contributed by atoms with Gasteiger partial charge in [-0.3, -0.25) is 19.7 Å². The molecule has 2 heterocycles. The molecule has 2 N–H and O–H groups in total. The first kappa shape index (κ1) is 13.4. The van der Waals surface area contributed by atoms with Crippen LogP contribution in [-0.4, -0.2) is 42.1 Å². The third kappa shape index (κ3) is 2.42. The Bertz CT molecular complexity index is 673. The quantitative estimate of drug-likeness (QED) is 0.635. The summed E-state index contributed by atoms with van der Waals surface area (Å²) in [5, 5.41) is 2.05. The molecule has 102 valence electrons. The molecule has 0 saturated carbocycles. The summed E-state index contributed by atoms with van der Waals surface area (Å²) in [6.45, 7) is 0.944. The Hall–Kier alpha value is -2.00. The Labute approximate surface area is 108 Å². The number of imide groups is 1. The molecule has 8 nitrogen and oxygen atoms in total. The van der Waals surface area contributed by atoms with Crippen LogP contribution in [0, 0.1) is 0 Å². The lowest BCUT2D eigenvalue weighted by Crippen LogP contribution is -2.58. The van der Waals surface area contributed by atoms with Crippen LogP contribution in [0.2, 0.25) is 0 Å². The Morgan fingerprint density at radius 1 is 1.26 bits per heavy atom. The molecule has 1 aliphatic rings. The summed E-state index contributed by atoms with van der Waals surface area (Å²) in [6.07, 6.45) is 1.03. The number of piperazine rings is 1. The maximum Gasteiger partial charge on any atom is 0.247 e. The summed E-state index contributed by atoms with van der Waals surface area (Å²) in [6, 6.07) is 1.19. The summed E-state index contributed by atoms with van der Waals surface area (Å²) in [5.41, 5.74) is -0.445. The fourth-order valence-corrected chi connectivity index (χ4v) is 3.19. The van der Waals surface area contributed by atoms with Crippen LogP contribution >= 0.6 is 0 Å². The molecule has 0 bridgehead atoms. The fraction of sp³-hybridized carbons (Fsp3) is 0.300. The largest absolute Gasteiger partial charge is 0.328 e. The molecule has 19 heavy (non-hydrogen) atoms. The van der Waals surface area contributed by atoms with Crippen molar-refractivity contribution in [2.75, 3.05) is 6.54 Å². The van der Waals surface area contributed by atoms with Crippen LogP contribution in [-0.2, 0) is 19.6 Å². The van der Waals surface area contributed by atoms with Crippen molar-refractivity contribution in [1.29, 1.82) is 0 Å². The number of H-pyrrole nitrogens is 1. The summed E-state index contributed by atoms with van der Waals surface area (Å²) >= 11 is 0. The van der Waals surface area contributed by atoms with Crippen molar-refractivity contribution >= 4 is 21.8 Å². The van der Waals surface area contributed by atoms with E-state index in [2.05, 4.69) is 4.98 Å². The lowest BCUT2D eigenvalue weighted by molar-refractivity contribution is -0.136. The second-order valence-electron chi connectivity index (χ2n) is 4.03. The van der Waals surface area contributed by atoms with Gasteiger partial charge in [-0.25, -0.2) is 8.42 Å². The van der Waals surface area contributed by atoms with E-state index in [1.165, 1.54) is 6.92 Å². The number of hydrogen-bond acceptors (Lipinski definition) is 5. The smallest absolute Gasteiger partial charge is 0.247 e. The van der Waals surface area contributed by atoms with E-state index in [9.17, 15) is 22.8 Å². The molecule has 1 aromatic heterocycles. The number of sulfonamides is 1. The second kappa shape index (κ2) is 4.59. The highest BCUT2D eigenvalue weighted by Crippen LogP contribution is 2.18. The summed E-state index contributed by atoms with van der Waals surface area (Å²) in [4.78, 5) is 35.7. The summed E-state index contributed by atoms with van der Waals surface area (Å²) in [7, 11) is -4.01. The number of amides is 2. The predicted octanol–water partition coefficient (Wildman–Crippen LogP) is -1.59. The van der Waals surface area contributed by atoms with Gasteiger partial charge < -0.3 is 4.98 Å². The molecule has 1 aliphatic heterocycles. The van der Waals surface area contributed by atoms with Crippen molar-refractivity contribution in [2.45, 2.75) is 17.9 Å². The minimum Gasteiger partial charge on any atom is -0.328 e. The van der Waals surface area contributed by atoms with Crippen LogP contribution in [0.4, 0.5) is 0 Å². The molecule has 1 fully saturated rings. The number of aromatic amines is 1. The molecule has 1 aromatic rings. The van der Waals surface area contributed by atoms with Gasteiger partial charge in [-0.1, -0.05) is 0 Å². The van der Waals surface area contributed by atoms with E-state index in [0.29, 0.717) is 0 Å². The number of nitrogens with one attached hydrogen (secondary N) is 2. The van der Waals surface area contributed by atoms with Crippen LogP contribution in [0.5, 0.6) is 0 Å². The van der Waals surface area contributed by atoms with Crippen LogP contribution < -0.4 is 10.9 Å². The van der Waals surface area contributed by atoms with Crippen molar-refractivity contribution in [3.05, 3.63) is 28.7 Å². The van der Waals surface area contributed by atoms with Gasteiger partial charge in [-0.05, 0) is 13.0 Å². The zero-order chi connectivity index (χ0) is 14.2. The summed E-state index contributed by atoms with van der Waals surface area (Å²) < 4.78 is 25.3. The van der Waals surface area contributed by atoms with Gasteiger partial charge in [-0.2, -0.15) is 4.31 Å². The van der Waals surface area contributed by atoms with Gasteiger partial charge in [0.25, 0.3) is 0 Å². The van der Waals surface area contributed by atoms with Crippen LogP contribution in [0.3, 0.4) is 0 Å². The van der Waals surface area contributed by atoms with Crippen molar-refractivity contribution in [3.8, 4) is 0 Å². The minimum atomic E-state index is -4.01. The molecule has 2 amide bonds. The highest BCUT2D eigenvalue weighted by molar-refractivity contribution is 7.89. The van der Waals surface area contributed by atoms with E-state index < -0.39 is 40.0 Å². The van der Waals surface area contributed by atoms with Crippen molar-refractivity contribution in [1.82, 2.24) is 14.6 Å². The maximum atomic E-state index is 12.3. The van der Waals surface area contributed by atoms with Gasteiger partial charge in [0, 0.05) is 12.3 Å². The first-order valence-corrected chi connectivity index (χ1v) is 6.80. The highest BCUT2D eigenvalue weighted by Gasteiger charge is 2.38. The van der Waals surface area contributed by atoms with Gasteiger partial charge in [0.05, 0.1) is 11.4 Å². The molecule has 1 atom stereocenters. The number of aromatic nitrogens is 1. The van der Waals surface area contributed by atoms with Crippen molar-refractivity contribution < 1.29 is 18.0 Å². The fourth-order valence-electron chi connectivity index (χ4n) is 1.68. The first-order chi connectivity index (χ1) is 8.82. The Morgan fingerprint density at radius 3 is 2.53 bits per heavy atom. The van der Waals surface area contributed by atoms with Crippen molar-refractivity contribution in [2.24, 2.45) is 0 Å². The molecule has 1 saturated heterocycles. The van der Waals surface area contributed by atoms with Gasteiger partial charge in [0.2, 0.25) is 27.4 Å². The van der Waals surface area contributed by atoms with Gasteiger partial charge in [0.1, 0.15) is 6.04 Å². The lowest BCUT2D eigenvalue weighted by Gasteiger charge is -2.30. The average molecular weight is 285 g/mol. The van der Waals surface area contributed by atoms with Crippen LogP contribution in [0.1, 0.15) is 6.92 Å². The lowest BCUT2D eigenvalue weighted by atomic mass is 10.2. The van der Waals surface area contributed by atoms with Gasteiger partial charge >= 0.3 is 0 Å². The standard InChI is InChI=1S/C10H11N3O5S/c1-6-10(16)12-9(15)5-13(6)19(17,18)7-2-3-8(14)11-4-7/h2-4,6H,5H2,1H3,(H,11,14)(H,12,15,16). The Morgan fingerprint density at radius 2 is 1.95 bits per heavy atom. The van der Waals surface area contributed by atoms with Crippen molar-refractivity contribution in [3.63, 3.8) is 0 Å². The number of nitrogens with zero attached hydrogens (tertiary/aromatic N) is 1. The monoisotopic (exact) mass is 285 g/mol. The normalized spacial score (nSPS) is 21.2.